The predicted octanol–water partition coefficient (Wildman–Crippen LogP) is 12.4. The zero-order chi connectivity index (χ0) is 44.2. The summed E-state index contributed by atoms with van der Waals surface area (Å²) >= 11 is 0. The maximum absolute atomic E-state index is 12.8. The van der Waals surface area contributed by atoms with Crippen LogP contribution in [0.3, 0.4) is 0 Å². The van der Waals surface area contributed by atoms with Crippen LogP contribution in [0.4, 0.5) is 0 Å². The summed E-state index contributed by atoms with van der Waals surface area (Å²) in [7, 11) is 5.39. The second-order valence-corrected chi connectivity index (χ2v) is 17.4. The minimum atomic E-state index is -1.13. The van der Waals surface area contributed by atoms with Crippen LogP contribution in [0.5, 0.6) is 0 Å². The lowest BCUT2D eigenvalue weighted by Crippen LogP contribution is -2.55. The minimum Gasteiger partial charge on any atom is -0.544 e. The van der Waals surface area contributed by atoms with Crippen LogP contribution in [-0.2, 0) is 28.6 Å². The van der Waals surface area contributed by atoms with Gasteiger partial charge < -0.3 is 28.6 Å². The highest BCUT2D eigenvalue weighted by Crippen LogP contribution is 2.15. The predicted molar refractivity (Wildman–Crippen MR) is 249 cm³/mol. The standard InChI is InChI=1S/C52H91NO7/c1-6-8-10-12-14-16-18-20-21-22-23-24-25-26-27-28-29-31-33-35-37-39-41-43-51(55)60-48(46-58-45-44-49(52(56)57)53(3,4)5)47-59-50(54)42-40-38-36-34-32-30-19-17-15-13-11-9-7-2/h9,11,13,15,17,19,26-27,30,32,48-49H,6-8,10,12,14,16,18,20-25,28-29,31,33-47H2,1-5H3/b11-9+,15-13+,19-17+,27-26+,32-30+. The van der Waals surface area contributed by atoms with Gasteiger partial charge >= 0.3 is 11.9 Å². The van der Waals surface area contributed by atoms with Crippen LogP contribution < -0.4 is 5.11 Å². The van der Waals surface area contributed by atoms with Crippen LogP contribution in [0.15, 0.2) is 60.8 Å². The Morgan fingerprint density at radius 2 is 0.950 bits per heavy atom. The Bertz CT molecular complexity index is 1170. The van der Waals surface area contributed by atoms with Crippen molar-refractivity contribution in [3.05, 3.63) is 60.8 Å². The molecule has 0 aliphatic carbocycles. The van der Waals surface area contributed by atoms with Crippen molar-refractivity contribution >= 4 is 17.9 Å². The summed E-state index contributed by atoms with van der Waals surface area (Å²) in [5.41, 5.74) is 0. The molecule has 0 fully saturated rings. The molecule has 0 spiro atoms. The first-order valence-corrected chi connectivity index (χ1v) is 24.4. The fourth-order valence-corrected chi connectivity index (χ4v) is 6.96. The third-order valence-electron chi connectivity index (χ3n) is 10.7. The van der Waals surface area contributed by atoms with E-state index in [-0.39, 0.29) is 42.7 Å². The number of allylic oxidation sites excluding steroid dienone is 10. The molecular formula is C52H91NO7. The first-order chi connectivity index (χ1) is 29.1. The van der Waals surface area contributed by atoms with E-state index in [4.69, 9.17) is 14.2 Å². The molecule has 2 unspecified atom stereocenters. The molecule has 0 heterocycles. The molecule has 0 rings (SSSR count). The number of rotatable bonds is 43. The largest absolute Gasteiger partial charge is 0.544 e. The number of carbonyl (C=O) groups is 3. The van der Waals surface area contributed by atoms with Crippen LogP contribution >= 0.6 is 0 Å². The van der Waals surface area contributed by atoms with Gasteiger partial charge in [0.2, 0.25) is 0 Å². The Kier molecular flexibility index (Phi) is 40.6. The van der Waals surface area contributed by atoms with E-state index in [1.54, 1.807) is 21.1 Å². The first kappa shape index (κ1) is 57.0. The number of hydrogen-bond donors (Lipinski definition) is 0. The van der Waals surface area contributed by atoms with Gasteiger partial charge in [-0.3, -0.25) is 9.59 Å². The molecule has 0 aliphatic rings. The van der Waals surface area contributed by atoms with Gasteiger partial charge in [0.05, 0.1) is 40.3 Å². The summed E-state index contributed by atoms with van der Waals surface area (Å²) in [6.07, 6.45) is 52.6. The number of nitrogens with zero attached hydrogens (tertiary/aromatic N) is 1. The average Bonchev–Trinajstić information content (AvgIpc) is 3.21. The third-order valence-corrected chi connectivity index (χ3v) is 10.7. The Morgan fingerprint density at radius 3 is 1.45 bits per heavy atom. The van der Waals surface area contributed by atoms with Crippen molar-refractivity contribution in [2.75, 3.05) is 41.0 Å². The van der Waals surface area contributed by atoms with E-state index in [2.05, 4.69) is 38.2 Å². The fourth-order valence-electron chi connectivity index (χ4n) is 6.96. The van der Waals surface area contributed by atoms with Gasteiger partial charge in [0.1, 0.15) is 12.6 Å². The Hall–Kier alpha value is -2.97. The second-order valence-electron chi connectivity index (χ2n) is 17.4. The van der Waals surface area contributed by atoms with Crippen molar-refractivity contribution in [3.8, 4) is 0 Å². The first-order valence-electron chi connectivity index (χ1n) is 24.4. The highest BCUT2D eigenvalue weighted by Gasteiger charge is 2.25. The van der Waals surface area contributed by atoms with Gasteiger partial charge in [-0.1, -0.05) is 184 Å². The minimum absolute atomic E-state index is 0.0243. The van der Waals surface area contributed by atoms with Crippen molar-refractivity contribution < 1.29 is 38.2 Å². The number of quaternary nitrogens is 1. The molecule has 0 saturated heterocycles. The van der Waals surface area contributed by atoms with Gasteiger partial charge in [-0.25, -0.2) is 0 Å². The summed E-state index contributed by atoms with van der Waals surface area (Å²) < 4.78 is 17.1. The van der Waals surface area contributed by atoms with Crippen LogP contribution in [0.1, 0.15) is 200 Å². The maximum Gasteiger partial charge on any atom is 0.306 e. The van der Waals surface area contributed by atoms with E-state index in [1.165, 1.54) is 116 Å². The van der Waals surface area contributed by atoms with E-state index in [0.717, 1.165) is 51.4 Å². The van der Waals surface area contributed by atoms with Gasteiger partial charge in [0.15, 0.2) is 6.10 Å². The monoisotopic (exact) mass is 842 g/mol. The normalized spacial score (nSPS) is 13.4. The van der Waals surface area contributed by atoms with Gasteiger partial charge in [-0.2, -0.15) is 0 Å². The van der Waals surface area contributed by atoms with Crippen LogP contribution in [-0.4, -0.2) is 75.5 Å². The zero-order valence-corrected chi connectivity index (χ0v) is 39.4. The van der Waals surface area contributed by atoms with Gasteiger partial charge in [0, 0.05) is 19.3 Å². The van der Waals surface area contributed by atoms with E-state index < -0.39 is 18.1 Å². The number of aliphatic carboxylic acids is 1. The SMILES string of the molecule is CC/C=C/C=C/C=C/C=C/CCCCCC(=O)OCC(COCCC(C(=O)[O-])[N+](C)(C)C)OC(=O)CCCCCCCCC/C=C/CCCCCCCCCCCCCC. The zero-order valence-electron chi connectivity index (χ0n) is 39.4. The number of unbranched alkanes of at least 4 members (excludes halogenated alkanes) is 22. The Morgan fingerprint density at radius 1 is 0.517 bits per heavy atom. The van der Waals surface area contributed by atoms with Crippen molar-refractivity contribution in [1.82, 2.24) is 0 Å². The molecular weight excluding hydrogens is 751 g/mol. The van der Waals surface area contributed by atoms with Crippen molar-refractivity contribution in [2.45, 2.75) is 212 Å². The molecule has 0 saturated carbocycles. The van der Waals surface area contributed by atoms with Crippen LogP contribution in [0.25, 0.3) is 0 Å². The maximum atomic E-state index is 12.8. The summed E-state index contributed by atoms with van der Waals surface area (Å²) in [6, 6.07) is -0.735. The Labute approximate surface area is 368 Å². The Balaban J connectivity index is 4.26. The molecule has 0 bridgehead atoms. The van der Waals surface area contributed by atoms with E-state index >= 15 is 0 Å². The van der Waals surface area contributed by atoms with Crippen LogP contribution in [0.2, 0.25) is 0 Å². The molecule has 0 aromatic rings. The van der Waals surface area contributed by atoms with E-state index in [9.17, 15) is 19.5 Å². The molecule has 0 N–H and O–H groups in total. The number of carboxylic acids is 1. The number of carbonyl (C=O) groups excluding carboxylic acids is 3. The molecule has 0 aromatic heterocycles. The van der Waals surface area contributed by atoms with Crippen molar-refractivity contribution in [2.24, 2.45) is 0 Å². The molecule has 8 nitrogen and oxygen atoms in total. The molecule has 8 heteroatoms. The van der Waals surface area contributed by atoms with E-state index in [0.29, 0.717) is 12.8 Å². The van der Waals surface area contributed by atoms with Gasteiger partial charge in [0.25, 0.3) is 0 Å². The molecule has 0 amide bonds. The molecule has 0 aromatic carbocycles. The molecule has 0 aliphatic heterocycles. The number of esters is 2. The fraction of sp³-hybridized carbons (Fsp3) is 0.750. The second kappa shape index (κ2) is 42.7. The van der Waals surface area contributed by atoms with Crippen molar-refractivity contribution in [3.63, 3.8) is 0 Å². The summed E-state index contributed by atoms with van der Waals surface area (Å²) in [5.74, 6) is -1.79. The summed E-state index contributed by atoms with van der Waals surface area (Å²) in [4.78, 5) is 36.9. The third kappa shape index (κ3) is 40.4. The van der Waals surface area contributed by atoms with Crippen LogP contribution in [0, 0.1) is 0 Å². The lowest BCUT2D eigenvalue weighted by atomic mass is 10.0. The molecule has 2 atom stereocenters. The van der Waals surface area contributed by atoms with Gasteiger partial charge in [-0.05, 0) is 57.8 Å². The number of likely N-dealkylation sites (N-methyl/N-ethyl adjacent to an activating group) is 1. The topological polar surface area (TPSA) is 102 Å². The van der Waals surface area contributed by atoms with E-state index in [1.807, 2.05) is 36.5 Å². The average molecular weight is 842 g/mol. The number of carboxylic acid groups (broad SMARTS) is 1. The van der Waals surface area contributed by atoms with Crippen molar-refractivity contribution in [1.29, 1.82) is 0 Å². The quantitative estimate of drug-likeness (QED) is 0.0198. The highest BCUT2D eigenvalue weighted by atomic mass is 16.6. The molecule has 60 heavy (non-hydrogen) atoms. The lowest BCUT2D eigenvalue weighted by molar-refractivity contribution is -0.889. The number of hydrogen-bond acceptors (Lipinski definition) is 7. The number of ether oxygens (including phenoxy) is 3. The summed E-state index contributed by atoms with van der Waals surface area (Å²) in [6.45, 7) is 4.48. The summed E-state index contributed by atoms with van der Waals surface area (Å²) in [5, 5.41) is 11.6. The molecule has 0 radical (unpaired) electrons. The lowest BCUT2D eigenvalue weighted by Gasteiger charge is -2.34. The smallest absolute Gasteiger partial charge is 0.306 e. The highest BCUT2D eigenvalue weighted by molar-refractivity contribution is 5.70. The van der Waals surface area contributed by atoms with Gasteiger partial charge in [-0.15, -0.1) is 0 Å². The molecule has 346 valence electrons.